The third kappa shape index (κ3) is 2.10. The maximum atomic E-state index is 10.7. The molecule has 0 amide bonds. The minimum Gasteiger partial charge on any atom is -0.443 e. The number of aromatic nitrogens is 1. The lowest BCUT2D eigenvalue weighted by Crippen LogP contribution is -2.10. The van der Waals surface area contributed by atoms with Gasteiger partial charge in [-0.05, 0) is 6.07 Å². The second-order valence-corrected chi connectivity index (χ2v) is 3.72. The van der Waals surface area contributed by atoms with Crippen molar-refractivity contribution < 1.29 is 9.34 Å². The van der Waals surface area contributed by atoms with Crippen molar-refractivity contribution in [2.75, 3.05) is 19.0 Å². The van der Waals surface area contributed by atoms with E-state index in [2.05, 4.69) is 4.98 Å². The molecule has 0 atom stereocenters. The Morgan fingerprint density at radius 1 is 1.41 bits per heavy atom. The smallest absolute Gasteiger partial charge is 0.271 e. The van der Waals surface area contributed by atoms with Crippen LogP contribution in [0, 0.1) is 10.1 Å². The highest BCUT2D eigenvalue weighted by Gasteiger charge is 2.15. The van der Waals surface area contributed by atoms with Crippen LogP contribution in [0.3, 0.4) is 0 Å². The Balaban J connectivity index is 2.57. The van der Waals surface area contributed by atoms with Gasteiger partial charge in [0.25, 0.3) is 5.69 Å². The Morgan fingerprint density at radius 3 is 2.71 bits per heavy atom. The molecule has 0 aliphatic rings. The van der Waals surface area contributed by atoms with E-state index in [1.807, 2.05) is 14.1 Å². The molecule has 6 nitrogen and oxygen atoms in total. The van der Waals surface area contributed by atoms with Crippen molar-refractivity contribution in [2.45, 2.75) is 0 Å². The molecule has 0 aliphatic heterocycles. The van der Waals surface area contributed by atoms with Crippen molar-refractivity contribution >= 4 is 11.4 Å². The number of nitrogens with zero attached hydrogens (tertiary/aromatic N) is 3. The fourth-order valence-corrected chi connectivity index (χ4v) is 1.56. The summed E-state index contributed by atoms with van der Waals surface area (Å²) in [6.45, 7) is 0. The summed E-state index contributed by atoms with van der Waals surface area (Å²) < 4.78 is 5.20. The first kappa shape index (κ1) is 11.1. The van der Waals surface area contributed by atoms with Crippen LogP contribution in [-0.2, 0) is 0 Å². The van der Waals surface area contributed by atoms with Gasteiger partial charge in [-0.3, -0.25) is 10.1 Å². The Hall–Kier alpha value is -2.37. The number of nitro benzene ring substituents is 1. The largest absolute Gasteiger partial charge is 0.443 e. The van der Waals surface area contributed by atoms with Gasteiger partial charge in [0.05, 0.1) is 16.8 Å². The average Bonchev–Trinajstić information content (AvgIpc) is 2.81. The summed E-state index contributed by atoms with van der Waals surface area (Å²) >= 11 is 0. The Morgan fingerprint density at radius 2 is 2.18 bits per heavy atom. The van der Waals surface area contributed by atoms with E-state index in [1.165, 1.54) is 18.5 Å². The Bertz CT molecular complexity index is 535. The molecule has 6 heteroatoms. The minimum atomic E-state index is -0.419. The summed E-state index contributed by atoms with van der Waals surface area (Å²) in [5, 5.41) is 10.7. The van der Waals surface area contributed by atoms with Crippen molar-refractivity contribution in [2.24, 2.45) is 0 Å². The van der Waals surface area contributed by atoms with Crippen molar-refractivity contribution in [3.8, 4) is 11.3 Å². The topological polar surface area (TPSA) is 72.4 Å². The Kier molecular flexibility index (Phi) is 2.78. The van der Waals surface area contributed by atoms with E-state index in [9.17, 15) is 10.1 Å². The zero-order valence-corrected chi connectivity index (χ0v) is 9.45. The third-order valence-corrected chi connectivity index (χ3v) is 2.37. The van der Waals surface area contributed by atoms with E-state index < -0.39 is 4.92 Å². The van der Waals surface area contributed by atoms with Crippen LogP contribution in [0.1, 0.15) is 0 Å². The molecule has 1 aromatic carbocycles. The van der Waals surface area contributed by atoms with Crippen LogP contribution in [0.15, 0.2) is 35.2 Å². The zero-order chi connectivity index (χ0) is 12.4. The van der Waals surface area contributed by atoms with Gasteiger partial charge in [-0.2, -0.15) is 0 Å². The number of rotatable bonds is 3. The van der Waals surface area contributed by atoms with E-state index >= 15 is 0 Å². The van der Waals surface area contributed by atoms with Crippen molar-refractivity contribution in [1.82, 2.24) is 4.98 Å². The highest BCUT2D eigenvalue weighted by molar-refractivity contribution is 5.76. The van der Waals surface area contributed by atoms with Gasteiger partial charge in [0, 0.05) is 31.8 Å². The van der Waals surface area contributed by atoms with Gasteiger partial charge >= 0.3 is 0 Å². The molecule has 1 heterocycles. The normalized spacial score (nSPS) is 10.2. The maximum Gasteiger partial charge on any atom is 0.271 e. The van der Waals surface area contributed by atoms with E-state index in [4.69, 9.17) is 4.42 Å². The number of anilines is 1. The molecular formula is C11H11N3O3. The molecule has 2 aromatic rings. The first-order chi connectivity index (χ1) is 8.09. The first-order valence-electron chi connectivity index (χ1n) is 4.94. The summed E-state index contributed by atoms with van der Waals surface area (Å²) in [5.41, 5.74) is 1.55. The quantitative estimate of drug-likeness (QED) is 0.600. The van der Waals surface area contributed by atoms with Gasteiger partial charge in [-0.1, -0.05) is 0 Å². The van der Waals surface area contributed by atoms with E-state index in [0.717, 1.165) is 11.3 Å². The second kappa shape index (κ2) is 4.25. The van der Waals surface area contributed by atoms with E-state index in [0.29, 0.717) is 5.76 Å². The molecular weight excluding hydrogens is 222 g/mol. The SMILES string of the molecule is CN(C)c1cc([N+](=O)[O-])ccc1-c1cnco1. The van der Waals surface area contributed by atoms with Gasteiger partial charge < -0.3 is 9.32 Å². The number of oxazole rings is 1. The van der Waals surface area contributed by atoms with Crippen LogP contribution in [0.4, 0.5) is 11.4 Å². The van der Waals surface area contributed by atoms with Crippen molar-refractivity contribution in [3.05, 3.63) is 40.9 Å². The van der Waals surface area contributed by atoms with Gasteiger partial charge in [-0.25, -0.2) is 4.98 Å². The van der Waals surface area contributed by atoms with E-state index in [1.54, 1.807) is 17.2 Å². The molecule has 0 bridgehead atoms. The first-order valence-corrected chi connectivity index (χ1v) is 4.94. The second-order valence-electron chi connectivity index (χ2n) is 3.72. The van der Waals surface area contributed by atoms with Crippen molar-refractivity contribution in [3.63, 3.8) is 0 Å². The molecule has 0 spiro atoms. The zero-order valence-electron chi connectivity index (χ0n) is 9.45. The van der Waals surface area contributed by atoms with Crippen LogP contribution in [0.25, 0.3) is 11.3 Å². The predicted molar refractivity (Wildman–Crippen MR) is 62.9 cm³/mol. The summed E-state index contributed by atoms with van der Waals surface area (Å²) in [6, 6.07) is 4.62. The molecule has 17 heavy (non-hydrogen) atoms. The molecule has 2 rings (SSSR count). The molecule has 1 aromatic heterocycles. The molecule has 0 N–H and O–H groups in total. The van der Waals surface area contributed by atoms with Gasteiger partial charge in [0.15, 0.2) is 12.2 Å². The summed E-state index contributed by atoms with van der Waals surface area (Å²) in [7, 11) is 3.64. The van der Waals surface area contributed by atoms with Crippen LogP contribution in [0.5, 0.6) is 0 Å². The number of non-ortho nitro benzene ring substituents is 1. The molecule has 0 fully saturated rings. The summed E-state index contributed by atoms with van der Waals surface area (Å²) in [4.78, 5) is 15.9. The lowest BCUT2D eigenvalue weighted by Gasteiger charge is -2.15. The standard InChI is InChI=1S/C11H11N3O3/c1-13(2)10-5-8(14(15)16)3-4-9(10)11-6-12-7-17-11/h3-7H,1-2H3. The minimum absolute atomic E-state index is 0.0527. The Labute approximate surface area is 97.6 Å². The highest BCUT2D eigenvalue weighted by atomic mass is 16.6. The maximum absolute atomic E-state index is 10.7. The van der Waals surface area contributed by atoms with Gasteiger partial charge in [-0.15, -0.1) is 0 Å². The lowest BCUT2D eigenvalue weighted by atomic mass is 10.1. The van der Waals surface area contributed by atoms with E-state index in [-0.39, 0.29) is 5.69 Å². The summed E-state index contributed by atoms with van der Waals surface area (Å²) in [6.07, 6.45) is 2.91. The van der Waals surface area contributed by atoms with Crippen LogP contribution >= 0.6 is 0 Å². The molecule has 0 aliphatic carbocycles. The lowest BCUT2D eigenvalue weighted by molar-refractivity contribution is -0.384. The number of nitro groups is 1. The fourth-order valence-electron chi connectivity index (χ4n) is 1.56. The predicted octanol–water partition coefficient (Wildman–Crippen LogP) is 2.32. The third-order valence-electron chi connectivity index (χ3n) is 2.37. The monoisotopic (exact) mass is 233 g/mol. The molecule has 0 radical (unpaired) electrons. The van der Waals surface area contributed by atoms with Crippen LogP contribution in [0.2, 0.25) is 0 Å². The van der Waals surface area contributed by atoms with Crippen LogP contribution in [-0.4, -0.2) is 24.0 Å². The highest BCUT2D eigenvalue weighted by Crippen LogP contribution is 2.32. The number of hydrogen-bond acceptors (Lipinski definition) is 5. The van der Waals surface area contributed by atoms with Crippen molar-refractivity contribution in [1.29, 1.82) is 0 Å². The molecule has 0 saturated heterocycles. The average molecular weight is 233 g/mol. The van der Waals surface area contributed by atoms with Crippen LogP contribution < -0.4 is 4.90 Å². The summed E-state index contributed by atoms with van der Waals surface area (Å²) in [5.74, 6) is 0.587. The molecule has 0 unspecified atom stereocenters. The number of hydrogen-bond donors (Lipinski definition) is 0. The van der Waals surface area contributed by atoms with Gasteiger partial charge in [0.1, 0.15) is 0 Å². The molecule has 0 saturated carbocycles. The fraction of sp³-hybridized carbons (Fsp3) is 0.182. The number of benzene rings is 1. The van der Waals surface area contributed by atoms with Gasteiger partial charge in [0.2, 0.25) is 0 Å². The molecule has 88 valence electrons.